The second-order valence-corrected chi connectivity index (χ2v) is 2.76. The zero-order valence-corrected chi connectivity index (χ0v) is 5.88. The van der Waals surface area contributed by atoms with Gasteiger partial charge >= 0.3 is 0 Å². The maximum atomic E-state index is 9.13. The Balaban J connectivity index is 2.40. The van der Waals surface area contributed by atoms with Crippen molar-refractivity contribution in [1.82, 2.24) is 0 Å². The molecule has 0 bridgehead atoms. The van der Waals surface area contributed by atoms with Crippen LogP contribution in [-0.2, 0) is 0 Å². The summed E-state index contributed by atoms with van der Waals surface area (Å²) in [6.07, 6.45) is 7.75. The van der Waals surface area contributed by atoms with Crippen LogP contribution in [0.5, 0.6) is 0 Å². The summed E-state index contributed by atoms with van der Waals surface area (Å²) in [7, 11) is 0. The highest BCUT2D eigenvalue weighted by Crippen LogP contribution is 2.19. The zero-order chi connectivity index (χ0) is 6.69. The van der Waals surface area contributed by atoms with Crippen LogP contribution in [0.15, 0.2) is 12.2 Å². The van der Waals surface area contributed by atoms with Crippen molar-refractivity contribution in [1.29, 1.82) is 0 Å². The van der Waals surface area contributed by atoms with E-state index in [2.05, 4.69) is 12.2 Å². The average Bonchev–Trinajstić information content (AvgIpc) is 1.90. The van der Waals surface area contributed by atoms with Crippen molar-refractivity contribution in [2.24, 2.45) is 5.92 Å². The molecule has 0 saturated heterocycles. The van der Waals surface area contributed by atoms with Gasteiger partial charge in [0.15, 0.2) is 0 Å². The van der Waals surface area contributed by atoms with Crippen molar-refractivity contribution in [3.63, 3.8) is 0 Å². The average molecular weight is 126 g/mol. The molecule has 0 unspecified atom stereocenters. The summed E-state index contributed by atoms with van der Waals surface area (Å²) in [4.78, 5) is 0. The van der Waals surface area contributed by atoms with Crippen molar-refractivity contribution in [3.05, 3.63) is 12.2 Å². The third kappa shape index (κ3) is 1.83. The van der Waals surface area contributed by atoms with Gasteiger partial charge in [-0.1, -0.05) is 12.2 Å². The number of hydrogen-bond donors (Lipinski definition) is 1. The third-order valence-electron chi connectivity index (χ3n) is 1.91. The van der Waals surface area contributed by atoms with Gasteiger partial charge in [0.25, 0.3) is 0 Å². The summed E-state index contributed by atoms with van der Waals surface area (Å²) < 4.78 is 0. The molecule has 2 atom stereocenters. The molecular formula is C8H14O. The van der Waals surface area contributed by atoms with Gasteiger partial charge in [-0.2, -0.15) is 0 Å². The third-order valence-corrected chi connectivity index (χ3v) is 1.91. The van der Waals surface area contributed by atoms with Gasteiger partial charge < -0.3 is 5.11 Å². The Morgan fingerprint density at radius 3 is 2.78 bits per heavy atom. The van der Waals surface area contributed by atoms with E-state index in [9.17, 15) is 0 Å². The molecule has 52 valence electrons. The fourth-order valence-corrected chi connectivity index (χ4v) is 1.24. The first-order valence-electron chi connectivity index (χ1n) is 3.65. The highest BCUT2D eigenvalue weighted by atomic mass is 16.3. The Labute approximate surface area is 56.4 Å². The quantitative estimate of drug-likeness (QED) is 0.530. The van der Waals surface area contributed by atoms with Crippen LogP contribution in [0.1, 0.15) is 26.2 Å². The zero-order valence-electron chi connectivity index (χ0n) is 5.88. The molecule has 1 heteroatoms. The summed E-state index contributed by atoms with van der Waals surface area (Å²) >= 11 is 0. The van der Waals surface area contributed by atoms with E-state index in [0.29, 0.717) is 5.92 Å². The predicted octanol–water partition coefficient (Wildman–Crippen LogP) is 1.72. The van der Waals surface area contributed by atoms with Crippen molar-refractivity contribution in [2.75, 3.05) is 0 Å². The first-order chi connectivity index (χ1) is 4.30. The van der Waals surface area contributed by atoms with E-state index < -0.39 is 0 Å². The van der Waals surface area contributed by atoms with Crippen molar-refractivity contribution in [3.8, 4) is 0 Å². The SMILES string of the molecule is C[C@@H](O)[C@H]1C=CCCC1. The van der Waals surface area contributed by atoms with Crippen molar-refractivity contribution >= 4 is 0 Å². The van der Waals surface area contributed by atoms with Gasteiger partial charge in [0.05, 0.1) is 6.10 Å². The smallest absolute Gasteiger partial charge is 0.0574 e. The number of aliphatic hydroxyl groups is 1. The molecule has 9 heavy (non-hydrogen) atoms. The molecule has 0 heterocycles. The van der Waals surface area contributed by atoms with Crippen molar-refractivity contribution < 1.29 is 5.11 Å². The van der Waals surface area contributed by atoms with Crippen molar-refractivity contribution in [2.45, 2.75) is 32.3 Å². The summed E-state index contributed by atoms with van der Waals surface area (Å²) in [5.74, 6) is 0.429. The molecule has 0 fully saturated rings. The molecule has 0 aromatic heterocycles. The molecule has 1 rings (SSSR count). The monoisotopic (exact) mass is 126 g/mol. The van der Waals surface area contributed by atoms with E-state index in [1.807, 2.05) is 6.92 Å². The molecule has 0 aromatic rings. The summed E-state index contributed by atoms with van der Waals surface area (Å²) in [6.45, 7) is 1.86. The molecule has 1 N–H and O–H groups in total. The molecule has 0 spiro atoms. The van der Waals surface area contributed by atoms with Crippen LogP contribution >= 0.6 is 0 Å². The highest BCUT2D eigenvalue weighted by molar-refractivity contribution is 4.94. The Kier molecular flexibility index (Phi) is 2.29. The molecule has 1 nitrogen and oxygen atoms in total. The lowest BCUT2D eigenvalue weighted by Crippen LogP contribution is -2.15. The van der Waals surface area contributed by atoms with Gasteiger partial charge in [0.2, 0.25) is 0 Å². The first kappa shape index (κ1) is 6.81. The summed E-state index contributed by atoms with van der Waals surface area (Å²) in [6, 6.07) is 0. The molecular weight excluding hydrogens is 112 g/mol. The fraction of sp³-hybridized carbons (Fsp3) is 0.750. The molecule has 0 amide bonds. The fourth-order valence-electron chi connectivity index (χ4n) is 1.24. The maximum Gasteiger partial charge on any atom is 0.0574 e. The predicted molar refractivity (Wildman–Crippen MR) is 38.2 cm³/mol. The lowest BCUT2D eigenvalue weighted by molar-refractivity contribution is 0.141. The van der Waals surface area contributed by atoms with E-state index in [-0.39, 0.29) is 6.10 Å². The minimum Gasteiger partial charge on any atom is -0.393 e. The van der Waals surface area contributed by atoms with E-state index >= 15 is 0 Å². The number of allylic oxidation sites excluding steroid dienone is 1. The van der Waals surface area contributed by atoms with Crippen LogP contribution in [0.3, 0.4) is 0 Å². The number of aliphatic hydroxyl groups excluding tert-OH is 1. The van der Waals surface area contributed by atoms with Crippen LogP contribution in [0.2, 0.25) is 0 Å². The Morgan fingerprint density at radius 1 is 1.67 bits per heavy atom. The Hall–Kier alpha value is -0.300. The van der Waals surface area contributed by atoms with Crippen LogP contribution in [0, 0.1) is 5.92 Å². The highest BCUT2D eigenvalue weighted by Gasteiger charge is 2.12. The van der Waals surface area contributed by atoms with Crippen LogP contribution in [0.25, 0.3) is 0 Å². The lowest BCUT2D eigenvalue weighted by Gasteiger charge is -2.18. The lowest BCUT2D eigenvalue weighted by atomic mass is 9.92. The van der Waals surface area contributed by atoms with Crippen LogP contribution < -0.4 is 0 Å². The summed E-state index contributed by atoms with van der Waals surface area (Å²) in [5, 5.41) is 9.13. The second kappa shape index (κ2) is 3.02. The maximum absolute atomic E-state index is 9.13. The molecule has 0 aromatic carbocycles. The van der Waals surface area contributed by atoms with Gasteiger partial charge in [0.1, 0.15) is 0 Å². The topological polar surface area (TPSA) is 20.2 Å². The van der Waals surface area contributed by atoms with Gasteiger partial charge in [-0.05, 0) is 26.2 Å². The Bertz CT molecular complexity index is 105. The Morgan fingerprint density at radius 2 is 2.44 bits per heavy atom. The minimum absolute atomic E-state index is 0.151. The standard InChI is InChI=1S/C8H14O/c1-7(9)8-5-3-2-4-6-8/h3,5,7-9H,2,4,6H2,1H3/t7-,8+/m1/s1. The van der Waals surface area contributed by atoms with E-state index in [4.69, 9.17) is 5.11 Å². The van der Waals surface area contributed by atoms with Gasteiger partial charge in [-0.3, -0.25) is 0 Å². The van der Waals surface area contributed by atoms with Gasteiger partial charge in [0, 0.05) is 5.92 Å². The first-order valence-corrected chi connectivity index (χ1v) is 3.65. The molecule has 1 aliphatic carbocycles. The van der Waals surface area contributed by atoms with Gasteiger partial charge in [-0.15, -0.1) is 0 Å². The number of rotatable bonds is 1. The van der Waals surface area contributed by atoms with Gasteiger partial charge in [-0.25, -0.2) is 0 Å². The van der Waals surface area contributed by atoms with E-state index in [1.165, 1.54) is 12.8 Å². The van der Waals surface area contributed by atoms with E-state index in [1.54, 1.807) is 0 Å². The minimum atomic E-state index is -0.151. The summed E-state index contributed by atoms with van der Waals surface area (Å²) in [5.41, 5.74) is 0. The normalized spacial score (nSPS) is 30.2. The molecule has 0 radical (unpaired) electrons. The van der Waals surface area contributed by atoms with Crippen LogP contribution in [0.4, 0.5) is 0 Å². The molecule has 1 aliphatic rings. The van der Waals surface area contributed by atoms with E-state index in [0.717, 1.165) is 6.42 Å². The van der Waals surface area contributed by atoms with Crippen LogP contribution in [-0.4, -0.2) is 11.2 Å². The molecule has 0 saturated carbocycles. The number of hydrogen-bond acceptors (Lipinski definition) is 1. The largest absolute Gasteiger partial charge is 0.393 e. The second-order valence-electron chi connectivity index (χ2n) is 2.76. The molecule has 0 aliphatic heterocycles.